The summed E-state index contributed by atoms with van der Waals surface area (Å²) in [6.07, 6.45) is 5.25. The highest BCUT2D eigenvalue weighted by Crippen LogP contribution is 2.45. The number of rotatable bonds is 8. The largest absolute Gasteiger partial charge is 0.356 e. The summed E-state index contributed by atoms with van der Waals surface area (Å²) >= 11 is 0. The molecule has 6 heteroatoms. The van der Waals surface area contributed by atoms with Crippen molar-refractivity contribution in [3.63, 3.8) is 0 Å². The first kappa shape index (κ1) is 23.7. The molecule has 1 fully saturated rings. The molecular formula is C21H35IN4O. The van der Waals surface area contributed by atoms with Crippen LogP contribution in [-0.4, -0.2) is 32.0 Å². The second-order valence-corrected chi connectivity index (χ2v) is 7.79. The number of guanidine groups is 1. The minimum Gasteiger partial charge on any atom is -0.356 e. The highest BCUT2D eigenvalue weighted by atomic mass is 127. The average Bonchev–Trinajstić information content (AvgIpc) is 2.59. The Morgan fingerprint density at radius 1 is 1.15 bits per heavy atom. The summed E-state index contributed by atoms with van der Waals surface area (Å²) in [5, 5.41) is 9.69. The van der Waals surface area contributed by atoms with Crippen LogP contribution in [0, 0.1) is 11.3 Å². The lowest BCUT2D eigenvalue weighted by Crippen LogP contribution is -2.46. The molecular weight excluding hydrogens is 451 g/mol. The molecule has 0 aliphatic heterocycles. The minimum atomic E-state index is -0.0274. The van der Waals surface area contributed by atoms with E-state index in [0.29, 0.717) is 24.1 Å². The molecule has 1 saturated carbocycles. The van der Waals surface area contributed by atoms with Gasteiger partial charge in [0.05, 0.1) is 0 Å². The number of aliphatic imine (C=N–C) groups is 1. The second-order valence-electron chi connectivity index (χ2n) is 7.79. The van der Waals surface area contributed by atoms with Crippen LogP contribution in [0.1, 0.15) is 62.4 Å². The first-order valence-corrected chi connectivity index (χ1v) is 9.79. The third-order valence-corrected chi connectivity index (χ3v) is 5.12. The topological polar surface area (TPSA) is 65.5 Å². The van der Waals surface area contributed by atoms with Gasteiger partial charge < -0.3 is 16.0 Å². The Bertz CT molecular complexity index is 609. The maximum absolute atomic E-state index is 11.8. The van der Waals surface area contributed by atoms with Gasteiger partial charge >= 0.3 is 0 Å². The van der Waals surface area contributed by atoms with E-state index in [1.165, 1.54) is 25.7 Å². The number of benzene rings is 1. The van der Waals surface area contributed by atoms with Crippen LogP contribution in [0.2, 0.25) is 0 Å². The SMILES string of the molecule is CCNC(=O)c1ccc(CNC(=NC)NCC2(CC(C)C)CCC2)cc1.I. The van der Waals surface area contributed by atoms with E-state index in [9.17, 15) is 4.79 Å². The van der Waals surface area contributed by atoms with Crippen molar-refractivity contribution >= 4 is 35.8 Å². The summed E-state index contributed by atoms with van der Waals surface area (Å²) in [5.74, 6) is 1.55. The molecule has 5 nitrogen and oxygen atoms in total. The fourth-order valence-electron chi connectivity index (χ4n) is 3.71. The van der Waals surface area contributed by atoms with E-state index in [2.05, 4.69) is 34.8 Å². The predicted molar refractivity (Wildman–Crippen MR) is 124 cm³/mol. The molecule has 0 heterocycles. The highest BCUT2D eigenvalue weighted by Gasteiger charge is 2.37. The van der Waals surface area contributed by atoms with E-state index in [0.717, 1.165) is 24.0 Å². The van der Waals surface area contributed by atoms with Crippen LogP contribution in [0.15, 0.2) is 29.3 Å². The van der Waals surface area contributed by atoms with Gasteiger partial charge in [-0.2, -0.15) is 0 Å². The van der Waals surface area contributed by atoms with E-state index in [1.54, 1.807) is 0 Å². The molecule has 0 saturated heterocycles. The van der Waals surface area contributed by atoms with Gasteiger partial charge in [-0.1, -0.05) is 32.4 Å². The lowest BCUT2D eigenvalue weighted by molar-refractivity contribution is 0.0955. The highest BCUT2D eigenvalue weighted by molar-refractivity contribution is 14.0. The summed E-state index contributed by atoms with van der Waals surface area (Å²) in [6.45, 7) is 8.84. The smallest absolute Gasteiger partial charge is 0.251 e. The lowest BCUT2D eigenvalue weighted by Gasteiger charge is -2.43. The zero-order chi connectivity index (χ0) is 19.0. The molecule has 0 spiro atoms. The van der Waals surface area contributed by atoms with Gasteiger partial charge in [-0.05, 0) is 55.2 Å². The molecule has 1 aromatic carbocycles. The summed E-state index contributed by atoms with van der Waals surface area (Å²) in [7, 11) is 1.81. The Balaban J connectivity index is 0.00000364. The standard InChI is InChI=1S/C21H34N4O.HI/c1-5-23-19(26)18-9-7-17(8-10-18)14-24-20(22-4)25-15-21(11-6-12-21)13-16(2)3;/h7-10,16H,5-6,11-15H2,1-4H3,(H,23,26)(H2,22,24,25);1H. The molecule has 0 atom stereocenters. The van der Waals surface area contributed by atoms with E-state index < -0.39 is 0 Å². The normalized spacial score (nSPS) is 15.5. The fourth-order valence-corrected chi connectivity index (χ4v) is 3.71. The maximum atomic E-state index is 11.8. The van der Waals surface area contributed by atoms with Crippen molar-refractivity contribution in [3.05, 3.63) is 35.4 Å². The van der Waals surface area contributed by atoms with Gasteiger partial charge in [0.2, 0.25) is 0 Å². The molecule has 0 unspecified atom stereocenters. The number of nitrogens with one attached hydrogen (secondary N) is 3. The van der Waals surface area contributed by atoms with E-state index in [4.69, 9.17) is 0 Å². The quantitative estimate of drug-likeness (QED) is 0.296. The van der Waals surface area contributed by atoms with Crippen LogP contribution in [0.4, 0.5) is 0 Å². The second kappa shape index (κ2) is 11.5. The Labute approximate surface area is 181 Å². The number of hydrogen-bond acceptors (Lipinski definition) is 2. The van der Waals surface area contributed by atoms with Crippen LogP contribution in [-0.2, 0) is 6.54 Å². The monoisotopic (exact) mass is 486 g/mol. The van der Waals surface area contributed by atoms with Crippen LogP contribution >= 0.6 is 24.0 Å². The van der Waals surface area contributed by atoms with Crippen molar-refractivity contribution in [1.29, 1.82) is 0 Å². The first-order chi connectivity index (χ1) is 12.5. The van der Waals surface area contributed by atoms with Crippen LogP contribution in [0.25, 0.3) is 0 Å². The molecule has 1 aliphatic carbocycles. The molecule has 2 rings (SSSR count). The van der Waals surface area contributed by atoms with E-state index in [1.807, 2.05) is 38.2 Å². The maximum Gasteiger partial charge on any atom is 0.251 e. The molecule has 3 N–H and O–H groups in total. The summed E-state index contributed by atoms with van der Waals surface area (Å²) in [4.78, 5) is 16.1. The van der Waals surface area contributed by atoms with Crippen LogP contribution in [0.3, 0.4) is 0 Å². The molecule has 0 radical (unpaired) electrons. The van der Waals surface area contributed by atoms with Gasteiger partial charge in [-0.3, -0.25) is 9.79 Å². The zero-order valence-electron chi connectivity index (χ0n) is 17.1. The average molecular weight is 486 g/mol. The Kier molecular flexibility index (Phi) is 10.1. The lowest BCUT2D eigenvalue weighted by atomic mass is 9.64. The third kappa shape index (κ3) is 7.31. The van der Waals surface area contributed by atoms with Crippen molar-refractivity contribution < 1.29 is 4.79 Å². The van der Waals surface area contributed by atoms with Crippen molar-refractivity contribution in [2.75, 3.05) is 20.1 Å². The predicted octanol–water partition coefficient (Wildman–Crippen LogP) is 3.94. The van der Waals surface area contributed by atoms with Crippen LogP contribution < -0.4 is 16.0 Å². The van der Waals surface area contributed by atoms with Gasteiger partial charge in [-0.25, -0.2) is 0 Å². The van der Waals surface area contributed by atoms with Crippen LogP contribution in [0.5, 0.6) is 0 Å². The zero-order valence-corrected chi connectivity index (χ0v) is 19.4. The molecule has 1 amide bonds. The Morgan fingerprint density at radius 2 is 1.81 bits per heavy atom. The van der Waals surface area contributed by atoms with E-state index >= 15 is 0 Å². The molecule has 152 valence electrons. The summed E-state index contributed by atoms with van der Waals surface area (Å²) in [6, 6.07) is 7.70. The van der Waals surface area contributed by atoms with Crippen molar-refractivity contribution in [2.45, 2.75) is 53.0 Å². The van der Waals surface area contributed by atoms with Gasteiger partial charge in [0.15, 0.2) is 5.96 Å². The van der Waals surface area contributed by atoms with Gasteiger partial charge in [0.1, 0.15) is 0 Å². The van der Waals surface area contributed by atoms with Gasteiger partial charge in [0.25, 0.3) is 5.91 Å². The number of amides is 1. The first-order valence-electron chi connectivity index (χ1n) is 9.79. The summed E-state index contributed by atoms with van der Waals surface area (Å²) < 4.78 is 0. The van der Waals surface area contributed by atoms with Crippen molar-refractivity contribution in [3.8, 4) is 0 Å². The molecule has 1 aliphatic rings. The number of nitrogens with zero attached hydrogens (tertiary/aromatic N) is 1. The van der Waals surface area contributed by atoms with Gasteiger partial charge in [-0.15, -0.1) is 24.0 Å². The Morgan fingerprint density at radius 3 is 2.30 bits per heavy atom. The van der Waals surface area contributed by atoms with Gasteiger partial charge in [0, 0.05) is 32.2 Å². The van der Waals surface area contributed by atoms with E-state index in [-0.39, 0.29) is 29.9 Å². The van der Waals surface area contributed by atoms with Crippen molar-refractivity contribution in [1.82, 2.24) is 16.0 Å². The number of carbonyl (C=O) groups excluding carboxylic acids is 1. The minimum absolute atomic E-state index is 0. The molecule has 27 heavy (non-hydrogen) atoms. The third-order valence-electron chi connectivity index (χ3n) is 5.12. The van der Waals surface area contributed by atoms with Crippen molar-refractivity contribution in [2.24, 2.45) is 16.3 Å². The molecule has 1 aromatic rings. The number of hydrogen-bond donors (Lipinski definition) is 3. The molecule has 0 bridgehead atoms. The fraction of sp³-hybridized carbons (Fsp3) is 0.619. The number of carbonyl (C=O) groups is 1. The summed E-state index contributed by atoms with van der Waals surface area (Å²) in [5.41, 5.74) is 2.26. The number of halogens is 1. The molecule has 0 aromatic heterocycles. The Hall–Kier alpha value is -1.31.